The summed E-state index contributed by atoms with van der Waals surface area (Å²) >= 11 is 5.51. The van der Waals surface area contributed by atoms with Crippen LogP contribution in [0.1, 0.15) is 55.4 Å². The van der Waals surface area contributed by atoms with Gasteiger partial charge in [0.05, 0.1) is 0 Å². The van der Waals surface area contributed by atoms with Gasteiger partial charge in [-0.3, -0.25) is 0 Å². The maximum Gasteiger partial charge on any atom is -0.0355 e. The van der Waals surface area contributed by atoms with Crippen LogP contribution in [-0.4, -0.2) is 18.5 Å². The zero-order valence-electron chi connectivity index (χ0n) is 13.4. The molecule has 0 atom stereocenters. The first kappa shape index (κ1) is 18.4. The molecule has 0 aromatic rings. The largest absolute Gasteiger partial charge is 0.108 e. The molecular formula is C16H30CuP. The number of rotatable bonds is 3. The molecule has 0 bridgehead atoms. The van der Waals surface area contributed by atoms with E-state index >= 15 is 0 Å². The molecule has 0 unspecified atom stereocenters. The van der Waals surface area contributed by atoms with Gasteiger partial charge in [0, 0.05) is 0 Å². The summed E-state index contributed by atoms with van der Waals surface area (Å²) < 4.78 is 1.10. The summed E-state index contributed by atoms with van der Waals surface area (Å²) in [4.78, 5) is 0. The fourth-order valence-corrected chi connectivity index (χ4v) is 3.88. The molecule has 0 radical (unpaired) electrons. The summed E-state index contributed by atoms with van der Waals surface area (Å²) in [5, 5.41) is 0. The molecule has 0 fully saturated rings. The molecule has 0 spiro atoms. The van der Waals surface area contributed by atoms with Gasteiger partial charge in [0.2, 0.25) is 0 Å². The minimum Gasteiger partial charge on any atom is -0.108 e. The van der Waals surface area contributed by atoms with Crippen molar-refractivity contribution in [1.29, 1.82) is 0 Å². The molecule has 1 aliphatic rings. The van der Waals surface area contributed by atoms with E-state index in [1.807, 2.05) is 0 Å². The van der Waals surface area contributed by atoms with Crippen LogP contribution in [0.3, 0.4) is 0 Å². The predicted molar refractivity (Wildman–Crippen MR) is 83.4 cm³/mol. The van der Waals surface area contributed by atoms with E-state index in [9.17, 15) is 0 Å². The third kappa shape index (κ3) is 4.22. The molecule has 0 aromatic carbocycles. The Balaban J connectivity index is 0.000000360. The normalized spacial score (nSPS) is 18.4. The quantitative estimate of drug-likeness (QED) is 0.462. The molecule has 110 valence electrons. The van der Waals surface area contributed by atoms with Crippen molar-refractivity contribution in [2.24, 2.45) is 5.41 Å². The fraction of sp³-hybridized carbons (Fsp3) is 0.750. The van der Waals surface area contributed by atoms with Gasteiger partial charge in [-0.2, -0.15) is 0 Å². The van der Waals surface area contributed by atoms with Crippen LogP contribution >= 0.6 is 7.92 Å². The standard InChI is InChI=1S/C10H15.C6H15P.Cu/c1-7-6-10(4,5)9(3)8(7)2;1-4-7(5-2)6-3;/h1-5H3;4-6H2,1-3H3;. The van der Waals surface area contributed by atoms with Crippen molar-refractivity contribution < 1.29 is 16.0 Å². The Morgan fingerprint density at radius 3 is 1.33 bits per heavy atom. The molecule has 0 saturated carbocycles. The molecule has 1 aliphatic carbocycles. The Morgan fingerprint density at radius 2 is 1.28 bits per heavy atom. The molecule has 0 heterocycles. The van der Waals surface area contributed by atoms with Crippen LogP contribution in [0.2, 0.25) is 0 Å². The van der Waals surface area contributed by atoms with Gasteiger partial charge in [-0.1, -0.05) is 20.8 Å². The van der Waals surface area contributed by atoms with Crippen molar-refractivity contribution in [2.45, 2.75) is 55.4 Å². The van der Waals surface area contributed by atoms with Crippen LogP contribution in [0.25, 0.3) is 0 Å². The van der Waals surface area contributed by atoms with Gasteiger partial charge in [-0.05, 0) is 18.5 Å². The molecule has 2 heteroatoms. The summed E-state index contributed by atoms with van der Waals surface area (Å²) in [5.74, 6) is 0. The molecule has 0 saturated heterocycles. The van der Waals surface area contributed by atoms with E-state index in [1.54, 1.807) is 0 Å². The fourth-order valence-electron chi connectivity index (χ4n) is 2.19. The minimum absolute atomic E-state index is 0.119. The van der Waals surface area contributed by atoms with E-state index < -0.39 is 0 Å². The average Bonchev–Trinajstić information content (AvgIpc) is 2.48. The Kier molecular flexibility index (Phi) is 8.07. The van der Waals surface area contributed by atoms with Crippen LogP contribution in [0.5, 0.6) is 0 Å². The number of allylic oxidation sites excluding steroid dienone is 4. The van der Waals surface area contributed by atoms with Crippen LogP contribution < -0.4 is 0 Å². The van der Waals surface area contributed by atoms with Gasteiger partial charge in [0.1, 0.15) is 0 Å². The SMILES string of the molecule is CC1=C(C)C(C)(C)[C]([Cu])=C1C.CCP(CC)CC. The van der Waals surface area contributed by atoms with Gasteiger partial charge in [0.25, 0.3) is 0 Å². The van der Waals surface area contributed by atoms with E-state index in [-0.39, 0.29) is 5.41 Å². The minimum atomic E-state index is 0.119. The van der Waals surface area contributed by atoms with Crippen molar-refractivity contribution in [3.8, 4) is 0 Å². The van der Waals surface area contributed by atoms with Crippen molar-refractivity contribution in [3.05, 3.63) is 21.2 Å². The van der Waals surface area contributed by atoms with Crippen LogP contribution in [0.15, 0.2) is 21.2 Å². The van der Waals surface area contributed by atoms with E-state index in [2.05, 4.69) is 55.4 Å². The molecule has 0 aliphatic heterocycles. The van der Waals surface area contributed by atoms with Gasteiger partial charge < -0.3 is 0 Å². The molecule has 0 N–H and O–H groups in total. The molecule has 0 amide bonds. The maximum absolute atomic E-state index is 5.51. The average molecular weight is 317 g/mol. The van der Waals surface area contributed by atoms with E-state index in [1.165, 1.54) is 35.2 Å². The predicted octanol–water partition coefficient (Wildman–Crippen LogP) is 5.71. The van der Waals surface area contributed by atoms with Crippen LogP contribution in [0.4, 0.5) is 0 Å². The molecule has 1 rings (SSSR count). The van der Waals surface area contributed by atoms with E-state index in [0.717, 1.165) is 4.47 Å². The Bertz CT molecular complexity index is 301. The zero-order chi connectivity index (χ0) is 14.5. The van der Waals surface area contributed by atoms with Gasteiger partial charge in [-0.15, -0.1) is 7.92 Å². The zero-order valence-corrected chi connectivity index (χ0v) is 15.2. The van der Waals surface area contributed by atoms with Crippen molar-refractivity contribution >= 4 is 7.92 Å². The van der Waals surface area contributed by atoms with Crippen LogP contribution in [0, 0.1) is 5.41 Å². The van der Waals surface area contributed by atoms with Crippen molar-refractivity contribution in [3.63, 3.8) is 0 Å². The second-order valence-electron chi connectivity index (χ2n) is 5.40. The van der Waals surface area contributed by atoms with Crippen LogP contribution in [-0.2, 0) is 16.0 Å². The molecule has 0 nitrogen and oxygen atoms in total. The number of hydrogen-bond acceptors (Lipinski definition) is 0. The first-order valence-corrected chi connectivity index (χ1v) is 9.34. The summed E-state index contributed by atoms with van der Waals surface area (Å²) in [6.07, 6.45) is 4.26. The molecule has 18 heavy (non-hydrogen) atoms. The van der Waals surface area contributed by atoms with Crippen molar-refractivity contribution in [2.75, 3.05) is 18.5 Å². The molecule has 0 aromatic heterocycles. The smallest absolute Gasteiger partial charge is 0.0355 e. The van der Waals surface area contributed by atoms with Gasteiger partial charge in [-0.25, -0.2) is 0 Å². The first-order valence-electron chi connectivity index (χ1n) is 6.97. The second kappa shape index (κ2) is 7.88. The number of hydrogen-bond donors (Lipinski definition) is 0. The van der Waals surface area contributed by atoms with Gasteiger partial charge >= 0.3 is 77.2 Å². The molecular weight excluding hydrogens is 287 g/mol. The summed E-state index contributed by atoms with van der Waals surface area (Å²) in [6.45, 7) is 17.7. The third-order valence-electron chi connectivity index (χ3n) is 4.21. The summed E-state index contributed by atoms with van der Waals surface area (Å²) in [7, 11) is 0.446. The third-order valence-corrected chi connectivity index (χ3v) is 7.83. The Hall–Kier alpha value is 0.429. The summed E-state index contributed by atoms with van der Waals surface area (Å²) in [6, 6.07) is 0. The van der Waals surface area contributed by atoms with Gasteiger partial charge in [0.15, 0.2) is 0 Å². The Labute approximate surface area is 124 Å². The summed E-state index contributed by atoms with van der Waals surface area (Å²) in [5.41, 5.74) is 4.23. The maximum atomic E-state index is 5.51. The first-order chi connectivity index (χ1) is 8.23. The monoisotopic (exact) mass is 316 g/mol. The second-order valence-corrected chi connectivity index (χ2v) is 9.11. The topological polar surface area (TPSA) is 0 Å². The Morgan fingerprint density at radius 1 is 0.889 bits per heavy atom. The van der Waals surface area contributed by atoms with E-state index in [4.69, 9.17) is 16.0 Å². The van der Waals surface area contributed by atoms with E-state index in [0.29, 0.717) is 7.92 Å². The van der Waals surface area contributed by atoms with Crippen molar-refractivity contribution in [1.82, 2.24) is 0 Å².